The van der Waals surface area contributed by atoms with Gasteiger partial charge in [-0.25, -0.2) is 0 Å². The second kappa shape index (κ2) is 8.30. The van der Waals surface area contributed by atoms with E-state index in [1.807, 2.05) is 0 Å². The summed E-state index contributed by atoms with van der Waals surface area (Å²) in [6, 6.07) is 0. The van der Waals surface area contributed by atoms with Crippen molar-refractivity contribution in [1.82, 2.24) is 0 Å². The minimum atomic E-state index is -0.186. The van der Waals surface area contributed by atoms with Crippen molar-refractivity contribution in [1.29, 1.82) is 0 Å². The molecular weight excluding hydrogens is 356 g/mol. The van der Waals surface area contributed by atoms with Crippen molar-refractivity contribution in [2.24, 2.45) is 46.3 Å². The first kappa shape index (κ1) is 21.9. The Balaban J connectivity index is 1.45. The lowest BCUT2D eigenvalue weighted by Crippen LogP contribution is -2.51. The normalized spacial score (nSPS) is 46.3. The minimum Gasteiger partial charge on any atom is -0.396 e. The van der Waals surface area contributed by atoms with Crippen LogP contribution in [0.1, 0.15) is 98.3 Å². The van der Waals surface area contributed by atoms with E-state index in [1.54, 1.807) is 5.57 Å². The fourth-order valence-corrected chi connectivity index (χ4v) is 8.77. The molecule has 0 bridgehead atoms. The third kappa shape index (κ3) is 3.75. The Kier molecular flexibility index (Phi) is 6.26. The van der Waals surface area contributed by atoms with Crippen LogP contribution in [0.5, 0.6) is 0 Å². The molecular formula is C27H46O2. The summed E-state index contributed by atoms with van der Waals surface area (Å²) in [6.07, 6.45) is 16.4. The molecule has 0 saturated heterocycles. The van der Waals surface area contributed by atoms with Crippen LogP contribution in [0, 0.1) is 46.3 Å². The maximum absolute atomic E-state index is 10.2. The average Bonchev–Trinajstić information content (AvgIpc) is 3.05. The molecule has 3 saturated carbocycles. The highest BCUT2D eigenvalue weighted by Crippen LogP contribution is 2.67. The van der Waals surface area contributed by atoms with E-state index in [2.05, 4.69) is 33.8 Å². The smallest absolute Gasteiger partial charge is 0.0724 e. The van der Waals surface area contributed by atoms with Crippen LogP contribution in [0.2, 0.25) is 0 Å². The fraction of sp³-hybridized carbons (Fsp3) is 0.926. The van der Waals surface area contributed by atoms with Crippen LogP contribution in [-0.2, 0) is 0 Å². The first-order chi connectivity index (χ1) is 13.8. The quantitative estimate of drug-likeness (QED) is 0.507. The summed E-state index contributed by atoms with van der Waals surface area (Å²) in [5.41, 5.74) is 2.52. The minimum absolute atomic E-state index is 0.186. The van der Waals surface area contributed by atoms with E-state index in [4.69, 9.17) is 0 Å². The number of hydrogen-bond donors (Lipinski definition) is 2. The molecule has 0 heterocycles. The number of aliphatic hydroxyl groups excluding tert-OH is 2. The fourth-order valence-electron chi connectivity index (χ4n) is 8.77. The van der Waals surface area contributed by atoms with Crippen molar-refractivity contribution in [2.75, 3.05) is 6.61 Å². The topological polar surface area (TPSA) is 40.5 Å². The van der Waals surface area contributed by atoms with Crippen LogP contribution in [0.15, 0.2) is 11.6 Å². The van der Waals surface area contributed by atoms with Gasteiger partial charge in [0.15, 0.2) is 0 Å². The van der Waals surface area contributed by atoms with Gasteiger partial charge < -0.3 is 10.2 Å². The molecule has 5 unspecified atom stereocenters. The van der Waals surface area contributed by atoms with Crippen LogP contribution in [0.4, 0.5) is 0 Å². The molecule has 0 aromatic carbocycles. The van der Waals surface area contributed by atoms with Crippen LogP contribution >= 0.6 is 0 Å². The maximum atomic E-state index is 10.2. The molecule has 0 aliphatic heterocycles. The molecule has 0 aromatic heterocycles. The molecule has 0 radical (unpaired) electrons. The van der Waals surface area contributed by atoms with Crippen molar-refractivity contribution in [3.8, 4) is 0 Å². The summed E-state index contributed by atoms with van der Waals surface area (Å²) < 4.78 is 0. The standard InChI is InChI=1S/C27H46O2/c1-18(17-28)6-5-7-19(2)23-10-11-24-22-9-8-20-16-21(29)12-14-26(20,3)25(22)13-15-27(23,24)4/h16,18-19,21-25,28-29H,5-15,17H2,1-4H3/t18-,19?,21?,22?,23-,24?,25?,26+,27-/m1/s1. The summed E-state index contributed by atoms with van der Waals surface area (Å²) in [5, 5.41) is 19.5. The molecule has 2 nitrogen and oxygen atoms in total. The highest BCUT2D eigenvalue weighted by Gasteiger charge is 2.59. The predicted octanol–water partition coefficient (Wildman–Crippen LogP) is 6.36. The molecule has 29 heavy (non-hydrogen) atoms. The SMILES string of the molecule is CC(CCC[C@@H](C)CO)[C@H]1CCC2C3CCC4=CC(O)CC[C@]4(C)C3CC[C@@]21C. The van der Waals surface area contributed by atoms with Gasteiger partial charge in [-0.1, -0.05) is 52.2 Å². The van der Waals surface area contributed by atoms with Gasteiger partial charge in [0, 0.05) is 6.61 Å². The van der Waals surface area contributed by atoms with Crippen molar-refractivity contribution in [3.63, 3.8) is 0 Å². The van der Waals surface area contributed by atoms with E-state index in [9.17, 15) is 10.2 Å². The lowest BCUT2D eigenvalue weighted by atomic mass is 9.46. The van der Waals surface area contributed by atoms with Crippen LogP contribution < -0.4 is 0 Å². The Morgan fingerprint density at radius 1 is 1.00 bits per heavy atom. The molecule has 166 valence electrons. The molecule has 0 spiro atoms. The zero-order chi connectivity index (χ0) is 20.8. The highest BCUT2D eigenvalue weighted by molar-refractivity contribution is 5.25. The Bertz CT molecular complexity index is 612. The number of rotatable bonds is 6. The first-order valence-corrected chi connectivity index (χ1v) is 12.8. The molecule has 2 heteroatoms. The van der Waals surface area contributed by atoms with Gasteiger partial charge in [-0.05, 0) is 104 Å². The molecule has 2 N–H and O–H groups in total. The zero-order valence-corrected chi connectivity index (χ0v) is 19.5. The Hall–Kier alpha value is -0.340. The Morgan fingerprint density at radius 3 is 2.55 bits per heavy atom. The number of allylic oxidation sites excluding steroid dienone is 1. The highest BCUT2D eigenvalue weighted by atomic mass is 16.3. The van der Waals surface area contributed by atoms with E-state index in [-0.39, 0.29) is 6.10 Å². The second-order valence-electron chi connectivity index (χ2n) is 12.1. The molecule has 3 fully saturated rings. The van der Waals surface area contributed by atoms with Gasteiger partial charge in [-0.3, -0.25) is 0 Å². The van der Waals surface area contributed by atoms with Crippen LogP contribution in [0.3, 0.4) is 0 Å². The summed E-state index contributed by atoms with van der Waals surface area (Å²) in [5.74, 6) is 4.88. The first-order valence-electron chi connectivity index (χ1n) is 12.8. The van der Waals surface area contributed by atoms with Gasteiger partial charge in [0.2, 0.25) is 0 Å². The summed E-state index contributed by atoms with van der Waals surface area (Å²) in [6.45, 7) is 10.3. The third-order valence-corrected chi connectivity index (χ3v) is 10.5. The van der Waals surface area contributed by atoms with Gasteiger partial charge in [0.25, 0.3) is 0 Å². The lowest BCUT2D eigenvalue weighted by molar-refractivity contribution is -0.0627. The van der Waals surface area contributed by atoms with Gasteiger partial charge >= 0.3 is 0 Å². The van der Waals surface area contributed by atoms with E-state index in [0.29, 0.717) is 23.4 Å². The van der Waals surface area contributed by atoms with Crippen molar-refractivity contribution < 1.29 is 10.2 Å². The number of fused-ring (bicyclic) bond motifs is 5. The summed E-state index contributed by atoms with van der Waals surface area (Å²) in [7, 11) is 0. The summed E-state index contributed by atoms with van der Waals surface area (Å²) in [4.78, 5) is 0. The molecule has 4 aliphatic carbocycles. The van der Waals surface area contributed by atoms with E-state index >= 15 is 0 Å². The van der Waals surface area contributed by atoms with Crippen molar-refractivity contribution in [2.45, 2.75) is 104 Å². The van der Waals surface area contributed by atoms with E-state index in [0.717, 1.165) is 36.0 Å². The van der Waals surface area contributed by atoms with Crippen LogP contribution in [-0.4, -0.2) is 22.9 Å². The van der Waals surface area contributed by atoms with E-state index in [1.165, 1.54) is 64.2 Å². The number of hydrogen-bond acceptors (Lipinski definition) is 2. The van der Waals surface area contributed by atoms with E-state index < -0.39 is 0 Å². The van der Waals surface area contributed by atoms with Gasteiger partial charge in [0.05, 0.1) is 6.10 Å². The maximum Gasteiger partial charge on any atom is 0.0724 e. The van der Waals surface area contributed by atoms with Gasteiger partial charge in [-0.2, -0.15) is 0 Å². The molecule has 9 atom stereocenters. The Morgan fingerprint density at radius 2 is 1.79 bits per heavy atom. The largest absolute Gasteiger partial charge is 0.396 e. The molecule has 0 amide bonds. The number of aliphatic hydroxyl groups is 2. The van der Waals surface area contributed by atoms with Crippen LogP contribution in [0.25, 0.3) is 0 Å². The average molecular weight is 403 g/mol. The molecule has 0 aromatic rings. The Labute approximate surface area is 179 Å². The molecule has 4 aliphatic rings. The zero-order valence-electron chi connectivity index (χ0n) is 19.5. The van der Waals surface area contributed by atoms with Gasteiger partial charge in [-0.15, -0.1) is 0 Å². The van der Waals surface area contributed by atoms with Crippen molar-refractivity contribution in [3.05, 3.63) is 11.6 Å². The van der Waals surface area contributed by atoms with Gasteiger partial charge in [0.1, 0.15) is 0 Å². The second-order valence-corrected chi connectivity index (χ2v) is 12.1. The molecule has 4 rings (SSSR count). The lowest BCUT2D eigenvalue weighted by Gasteiger charge is -2.59. The van der Waals surface area contributed by atoms with Crippen molar-refractivity contribution >= 4 is 0 Å². The summed E-state index contributed by atoms with van der Waals surface area (Å²) >= 11 is 0. The third-order valence-electron chi connectivity index (χ3n) is 10.5. The predicted molar refractivity (Wildman–Crippen MR) is 120 cm³/mol. The monoisotopic (exact) mass is 402 g/mol.